The van der Waals surface area contributed by atoms with Gasteiger partial charge in [-0.25, -0.2) is 0 Å². The van der Waals surface area contributed by atoms with Gasteiger partial charge in [0.15, 0.2) is 0 Å². The van der Waals surface area contributed by atoms with Crippen LogP contribution in [-0.4, -0.2) is 24.9 Å². The highest BCUT2D eigenvalue weighted by Crippen LogP contribution is 2.28. The number of ether oxygens (including phenoxy) is 1. The van der Waals surface area contributed by atoms with Crippen LogP contribution in [0.4, 0.5) is 0 Å². The Morgan fingerprint density at radius 1 is 0.952 bits per heavy atom. The molecule has 0 amide bonds. The quantitative estimate of drug-likeness (QED) is 0.818. The molecule has 2 heteroatoms. The van der Waals surface area contributed by atoms with Gasteiger partial charge in [-0.2, -0.15) is 0 Å². The monoisotopic (exact) mass is 282 g/mol. The molecule has 2 nitrogen and oxygen atoms in total. The molecule has 0 aliphatic rings. The highest BCUT2D eigenvalue weighted by molar-refractivity contribution is 5.82. The van der Waals surface area contributed by atoms with Gasteiger partial charge < -0.3 is 9.84 Å². The maximum absolute atomic E-state index is 8.81. The van der Waals surface area contributed by atoms with Crippen LogP contribution in [0.1, 0.15) is 22.3 Å². The molecule has 0 aromatic heterocycles. The Morgan fingerprint density at radius 2 is 1.48 bits per heavy atom. The van der Waals surface area contributed by atoms with Crippen LogP contribution >= 0.6 is 0 Å². The maximum Gasteiger partial charge on any atom is 0.0702 e. The van der Waals surface area contributed by atoms with Gasteiger partial charge in [0, 0.05) is 0 Å². The Bertz CT molecular complexity index is 567. The second-order valence-electron chi connectivity index (χ2n) is 5.05. The largest absolute Gasteiger partial charge is 0.394 e. The number of aliphatic hydroxyl groups excluding tert-OH is 1. The summed E-state index contributed by atoms with van der Waals surface area (Å²) >= 11 is 0. The van der Waals surface area contributed by atoms with Crippen LogP contribution in [0.25, 0.3) is 5.57 Å². The van der Waals surface area contributed by atoms with Crippen molar-refractivity contribution in [1.82, 2.24) is 0 Å². The second kappa shape index (κ2) is 7.77. The molecule has 2 aromatic rings. The summed E-state index contributed by atoms with van der Waals surface area (Å²) in [6.07, 6.45) is 2.10. The van der Waals surface area contributed by atoms with E-state index in [0.29, 0.717) is 13.2 Å². The molecule has 0 atom stereocenters. The van der Waals surface area contributed by atoms with Crippen molar-refractivity contribution in [1.29, 1.82) is 0 Å². The molecular formula is C19H22O2. The van der Waals surface area contributed by atoms with Crippen molar-refractivity contribution in [2.24, 2.45) is 0 Å². The SMILES string of the molecule is Cc1ccccc1C(=CCOCCO)c1ccccc1C. The summed E-state index contributed by atoms with van der Waals surface area (Å²) in [6, 6.07) is 16.7. The Balaban J connectivity index is 2.40. The van der Waals surface area contributed by atoms with Gasteiger partial charge in [0.1, 0.15) is 0 Å². The number of benzene rings is 2. The molecule has 0 aliphatic carbocycles. The topological polar surface area (TPSA) is 29.5 Å². The summed E-state index contributed by atoms with van der Waals surface area (Å²) in [5.74, 6) is 0. The molecule has 0 bridgehead atoms. The zero-order chi connectivity index (χ0) is 15.1. The first-order chi connectivity index (χ1) is 10.2. The van der Waals surface area contributed by atoms with E-state index in [-0.39, 0.29) is 6.61 Å². The van der Waals surface area contributed by atoms with Crippen molar-refractivity contribution in [2.75, 3.05) is 19.8 Å². The summed E-state index contributed by atoms with van der Waals surface area (Å²) < 4.78 is 5.41. The van der Waals surface area contributed by atoms with Gasteiger partial charge in [0.2, 0.25) is 0 Å². The van der Waals surface area contributed by atoms with Crippen LogP contribution < -0.4 is 0 Å². The van der Waals surface area contributed by atoms with Gasteiger partial charge in [-0.1, -0.05) is 54.6 Å². The van der Waals surface area contributed by atoms with Gasteiger partial charge in [-0.3, -0.25) is 0 Å². The lowest BCUT2D eigenvalue weighted by Crippen LogP contribution is -2.01. The van der Waals surface area contributed by atoms with E-state index >= 15 is 0 Å². The minimum atomic E-state index is 0.0535. The fourth-order valence-corrected chi connectivity index (χ4v) is 2.41. The van der Waals surface area contributed by atoms with E-state index in [1.165, 1.54) is 27.8 Å². The van der Waals surface area contributed by atoms with E-state index < -0.39 is 0 Å². The molecule has 0 unspecified atom stereocenters. The average Bonchev–Trinajstić information content (AvgIpc) is 2.50. The molecule has 0 saturated heterocycles. The molecule has 0 aliphatic heterocycles. The molecule has 0 fully saturated rings. The third kappa shape index (κ3) is 4.03. The fraction of sp³-hybridized carbons (Fsp3) is 0.263. The molecule has 2 rings (SSSR count). The third-order valence-electron chi connectivity index (χ3n) is 3.51. The average molecular weight is 282 g/mol. The van der Waals surface area contributed by atoms with Gasteiger partial charge in [0.05, 0.1) is 19.8 Å². The number of rotatable bonds is 6. The summed E-state index contributed by atoms with van der Waals surface area (Å²) in [5.41, 5.74) is 6.12. The summed E-state index contributed by atoms with van der Waals surface area (Å²) in [6.45, 7) is 5.16. The molecule has 1 N–H and O–H groups in total. The number of hydrogen-bond donors (Lipinski definition) is 1. The van der Waals surface area contributed by atoms with Crippen LogP contribution in [0.15, 0.2) is 54.6 Å². The van der Waals surface area contributed by atoms with Crippen molar-refractivity contribution < 1.29 is 9.84 Å². The Kier molecular flexibility index (Phi) is 5.73. The Labute approximate surface area is 126 Å². The van der Waals surface area contributed by atoms with E-state index in [1.807, 2.05) is 0 Å². The first kappa shape index (κ1) is 15.5. The number of hydrogen-bond acceptors (Lipinski definition) is 2. The van der Waals surface area contributed by atoms with E-state index in [4.69, 9.17) is 9.84 Å². The Hall–Kier alpha value is -1.90. The lowest BCUT2D eigenvalue weighted by Gasteiger charge is -2.14. The Morgan fingerprint density at radius 3 is 1.95 bits per heavy atom. The van der Waals surface area contributed by atoms with Crippen molar-refractivity contribution >= 4 is 5.57 Å². The van der Waals surface area contributed by atoms with E-state index in [0.717, 1.165) is 0 Å². The van der Waals surface area contributed by atoms with Gasteiger partial charge in [0.25, 0.3) is 0 Å². The summed E-state index contributed by atoms with van der Waals surface area (Å²) in [4.78, 5) is 0. The fourth-order valence-electron chi connectivity index (χ4n) is 2.41. The normalized spacial score (nSPS) is 10.4. The van der Waals surface area contributed by atoms with Gasteiger partial charge in [-0.05, 0) is 41.7 Å². The first-order valence-electron chi connectivity index (χ1n) is 7.25. The number of aliphatic hydroxyl groups is 1. The molecule has 0 heterocycles. The predicted molar refractivity (Wildman–Crippen MR) is 87.3 cm³/mol. The molecule has 21 heavy (non-hydrogen) atoms. The smallest absolute Gasteiger partial charge is 0.0702 e. The lowest BCUT2D eigenvalue weighted by molar-refractivity contribution is 0.112. The highest BCUT2D eigenvalue weighted by Gasteiger charge is 2.09. The van der Waals surface area contributed by atoms with Crippen LogP contribution in [0.5, 0.6) is 0 Å². The lowest BCUT2D eigenvalue weighted by atomic mass is 9.91. The first-order valence-corrected chi connectivity index (χ1v) is 7.25. The maximum atomic E-state index is 8.81. The van der Waals surface area contributed by atoms with Crippen molar-refractivity contribution in [3.8, 4) is 0 Å². The zero-order valence-corrected chi connectivity index (χ0v) is 12.7. The second-order valence-corrected chi connectivity index (χ2v) is 5.05. The summed E-state index contributed by atoms with van der Waals surface area (Å²) in [7, 11) is 0. The molecular weight excluding hydrogens is 260 g/mol. The zero-order valence-electron chi connectivity index (χ0n) is 12.7. The predicted octanol–water partition coefficient (Wildman–Crippen LogP) is 3.74. The molecule has 0 radical (unpaired) electrons. The van der Waals surface area contributed by atoms with Crippen molar-refractivity contribution in [3.63, 3.8) is 0 Å². The standard InChI is InChI=1S/C19H22O2/c1-15-7-3-5-9-17(15)19(11-13-21-14-12-20)18-10-6-4-8-16(18)2/h3-11,20H,12-14H2,1-2H3. The minimum absolute atomic E-state index is 0.0535. The minimum Gasteiger partial charge on any atom is -0.394 e. The van der Waals surface area contributed by atoms with E-state index in [1.54, 1.807) is 0 Å². The van der Waals surface area contributed by atoms with E-state index in [9.17, 15) is 0 Å². The van der Waals surface area contributed by atoms with Crippen LogP contribution in [-0.2, 0) is 4.74 Å². The van der Waals surface area contributed by atoms with Crippen molar-refractivity contribution in [3.05, 3.63) is 76.9 Å². The highest BCUT2D eigenvalue weighted by atomic mass is 16.5. The molecule has 2 aromatic carbocycles. The van der Waals surface area contributed by atoms with Crippen molar-refractivity contribution in [2.45, 2.75) is 13.8 Å². The summed E-state index contributed by atoms with van der Waals surface area (Å²) in [5, 5.41) is 8.81. The number of aryl methyl sites for hydroxylation is 2. The molecule has 110 valence electrons. The van der Waals surface area contributed by atoms with Crippen LogP contribution in [0, 0.1) is 13.8 Å². The van der Waals surface area contributed by atoms with E-state index in [2.05, 4.69) is 68.5 Å². The van der Waals surface area contributed by atoms with Crippen LogP contribution in [0.3, 0.4) is 0 Å². The molecule has 0 spiro atoms. The van der Waals surface area contributed by atoms with Gasteiger partial charge in [-0.15, -0.1) is 0 Å². The third-order valence-corrected chi connectivity index (χ3v) is 3.51. The van der Waals surface area contributed by atoms with Gasteiger partial charge >= 0.3 is 0 Å². The van der Waals surface area contributed by atoms with Crippen LogP contribution in [0.2, 0.25) is 0 Å². The molecule has 0 saturated carbocycles.